The number of aldehydes is 1. The van der Waals surface area contributed by atoms with Crippen LogP contribution in [0.4, 0.5) is 0 Å². The summed E-state index contributed by atoms with van der Waals surface area (Å²) in [5.74, 6) is 0.758. The maximum absolute atomic E-state index is 10.4. The van der Waals surface area contributed by atoms with E-state index in [1.165, 1.54) is 0 Å². The minimum atomic E-state index is 0.0832. The highest BCUT2D eigenvalue weighted by Crippen LogP contribution is 2.16. The molecule has 0 heterocycles. The van der Waals surface area contributed by atoms with Crippen molar-refractivity contribution in [3.63, 3.8) is 0 Å². The normalized spacial score (nSPS) is 13.5. The molecule has 0 aliphatic carbocycles. The molecule has 0 saturated heterocycles. The predicted molar refractivity (Wildman–Crippen MR) is 47.3 cm³/mol. The average Bonchev–Trinajstić information content (AvgIpc) is 2.07. The molecular weight excluding hydrogens is 138 g/mol. The SMILES string of the molecule is CCC(CC)CC(C=O)CN. The average molecular weight is 157 g/mol. The van der Waals surface area contributed by atoms with Crippen LogP contribution in [0.3, 0.4) is 0 Å². The van der Waals surface area contributed by atoms with E-state index in [4.69, 9.17) is 5.73 Å². The Bertz CT molecular complexity index is 99.7. The lowest BCUT2D eigenvalue weighted by Crippen LogP contribution is -2.18. The van der Waals surface area contributed by atoms with Crippen LogP contribution in [0.5, 0.6) is 0 Å². The lowest BCUT2D eigenvalue weighted by Gasteiger charge is -2.15. The highest BCUT2D eigenvalue weighted by atomic mass is 16.1. The molecule has 1 atom stereocenters. The molecule has 2 N–H and O–H groups in total. The first-order chi connectivity index (χ1) is 5.28. The number of rotatable bonds is 6. The molecule has 2 heteroatoms. The van der Waals surface area contributed by atoms with Gasteiger partial charge in [0.2, 0.25) is 0 Å². The molecule has 0 spiro atoms. The van der Waals surface area contributed by atoms with Gasteiger partial charge in [0.15, 0.2) is 0 Å². The van der Waals surface area contributed by atoms with E-state index in [0.717, 1.165) is 25.5 Å². The van der Waals surface area contributed by atoms with Crippen molar-refractivity contribution in [2.75, 3.05) is 6.54 Å². The standard InChI is InChI=1S/C9H19NO/c1-3-8(4-2)5-9(6-10)7-11/h7-9H,3-6,10H2,1-2H3. The van der Waals surface area contributed by atoms with E-state index >= 15 is 0 Å². The Morgan fingerprint density at radius 1 is 1.36 bits per heavy atom. The summed E-state index contributed by atoms with van der Waals surface area (Å²) < 4.78 is 0. The van der Waals surface area contributed by atoms with Crippen LogP contribution in [0.15, 0.2) is 0 Å². The molecule has 0 saturated carbocycles. The van der Waals surface area contributed by atoms with Crippen LogP contribution in [0.2, 0.25) is 0 Å². The van der Waals surface area contributed by atoms with Crippen LogP contribution in [0, 0.1) is 11.8 Å². The number of carbonyl (C=O) groups excluding carboxylic acids is 1. The minimum Gasteiger partial charge on any atom is -0.330 e. The van der Waals surface area contributed by atoms with Gasteiger partial charge in [0.25, 0.3) is 0 Å². The second-order valence-electron chi connectivity index (χ2n) is 3.05. The van der Waals surface area contributed by atoms with E-state index in [-0.39, 0.29) is 5.92 Å². The summed E-state index contributed by atoms with van der Waals surface area (Å²) >= 11 is 0. The zero-order valence-electron chi connectivity index (χ0n) is 7.55. The molecule has 0 aliphatic heterocycles. The Morgan fingerprint density at radius 2 is 1.91 bits per heavy atom. The Balaban J connectivity index is 3.67. The van der Waals surface area contributed by atoms with Gasteiger partial charge in [-0.2, -0.15) is 0 Å². The molecule has 0 aliphatic rings. The van der Waals surface area contributed by atoms with E-state index in [1.807, 2.05) is 0 Å². The molecule has 2 nitrogen and oxygen atoms in total. The Kier molecular flexibility index (Phi) is 6.13. The van der Waals surface area contributed by atoms with Crippen molar-refractivity contribution in [2.24, 2.45) is 17.6 Å². The van der Waals surface area contributed by atoms with Gasteiger partial charge in [-0.05, 0) is 12.3 Å². The lowest BCUT2D eigenvalue weighted by molar-refractivity contribution is -0.111. The third-order valence-corrected chi connectivity index (χ3v) is 2.29. The van der Waals surface area contributed by atoms with Crippen molar-refractivity contribution < 1.29 is 4.79 Å². The number of hydrogen-bond acceptors (Lipinski definition) is 2. The maximum Gasteiger partial charge on any atom is 0.124 e. The number of nitrogens with two attached hydrogens (primary N) is 1. The molecule has 0 radical (unpaired) electrons. The molecule has 0 bridgehead atoms. The summed E-state index contributed by atoms with van der Waals surface area (Å²) in [4.78, 5) is 10.4. The van der Waals surface area contributed by atoms with E-state index < -0.39 is 0 Å². The van der Waals surface area contributed by atoms with Gasteiger partial charge in [-0.25, -0.2) is 0 Å². The largest absolute Gasteiger partial charge is 0.330 e. The number of hydrogen-bond donors (Lipinski definition) is 1. The van der Waals surface area contributed by atoms with Crippen molar-refractivity contribution >= 4 is 6.29 Å². The van der Waals surface area contributed by atoms with E-state index in [9.17, 15) is 4.79 Å². The topological polar surface area (TPSA) is 43.1 Å². The van der Waals surface area contributed by atoms with Crippen molar-refractivity contribution in [2.45, 2.75) is 33.1 Å². The van der Waals surface area contributed by atoms with Gasteiger partial charge < -0.3 is 10.5 Å². The highest BCUT2D eigenvalue weighted by molar-refractivity contribution is 5.53. The zero-order valence-corrected chi connectivity index (χ0v) is 7.55. The quantitative estimate of drug-likeness (QED) is 0.595. The second-order valence-corrected chi connectivity index (χ2v) is 3.05. The molecule has 0 amide bonds. The van der Waals surface area contributed by atoms with Crippen molar-refractivity contribution in [1.29, 1.82) is 0 Å². The van der Waals surface area contributed by atoms with Gasteiger partial charge in [0.05, 0.1) is 0 Å². The van der Waals surface area contributed by atoms with Gasteiger partial charge in [0.1, 0.15) is 6.29 Å². The summed E-state index contributed by atoms with van der Waals surface area (Å²) in [5, 5.41) is 0. The first kappa shape index (κ1) is 10.6. The summed E-state index contributed by atoms with van der Waals surface area (Å²) in [6, 6.07) is 0. The molecule has 1 unspecified atom stereocenters. The summed E-state index contributed by atoms with van der Waals surface area (Å²) in [6.07, 6.45) is 4.26. The van der Waals surface area contributed by atoms with Crippen molar-refractivity contribution in [1.82, 2.24) is 0 Å². The van der Waals surface area contributed by atoms with Crippen LogP contribution in [-0.4, -0.2) is 12.8 Å². The zero-order chi connectivity index (χ0) is 8.69. The molecule has 0 aromatic carbocycles. The molecule has 0 aromatic heterocycles. The molecule has 0 rings (SSSR count). The first-order valence-corrected chi connectivity index (χ1v) is 4.43. The summed E-state index contributed by atoms with van der Waals surface area (Å²) in [7, 11) is 0. The van der Waals surface area contributed by atoms with Crippen molar-refractivity contribution in [3.05, 3.63) is 0 Å². The van der Waals surface area contributed by atoms with Crippen LogP contribution in [0.25, 0.3) is 0 Å². The van der Waals surface area contributed by atoms with Crippen LogP contribution in [-0.2, 0) is 4.79 Å². The Hall–Kier alpha value is -0.370. The fourth-order valence-corrected chi connectivity index (χ4v) is 1.26. The Morgan fingerprint density at radius 3 is 2.18 bits per heavy atom. The first-order valence-electron chi connectivity index (χ1n) is 4.43. The third kappa shape index (κ3) is 4.14. The van der Waals surface area contributed by atoms with Crippen molar-refractivity contribution in [3.8, 4) is 0 Å². The number of carbonyl (C=O) groups is 1. The second kappa shape index (κ2) is 6.35. The molecule has 0 aromatic rings. The van der Waals surface area contributed by atoms with Gasteiger partial charge in [-0.1, -0.05) is 26.7 Å². The van der Waals surface area contributed by atoms with E-state index in [2.05, 4.69) is 13.8 Å². The molecular formula is C9H19NO. The monoisotopic (exact) mass is 157 g/mol. The summed E-state index contributed by atoms with van der Waals surface area (Å²) in [5.41, 5.74) is 5.41. The van der Waals surface area contributed by atoms with Crippen LogP contribution >= 0.6 is 0 Å². The fraction of sp³-hybridized carbons (Fsp3) is 0.889. The van der Waals surface area contributed by atoms with Crippen LogP contribution in [0.1, 0.15) is 33.1 Å². The summed E-state index contributed by atoms with van der Waals surface area (Å²) in [6.45, 7) is 4.82. The van der Waals surface area contributed by atoms with E-state index in [0.29, 0.717) is 12.5 Å². The third-order valence-electron chi connectivity index (χ3n) is 2.29. The molecule has 66 valence electrons. The fourth-order valence-electron chi connectivity index (χ4n) is 1.26. The van der Waals surface area contributed by atoms with Gasteiger partial charge in [-0.15, -0.1) is 0 Å². The van der Waals surface area contributed by atoms with Crippen LogP contribution < -0.4 is 5.73 Å². The van der Waals surface area contributed by atoms with E-state index in [1.54, 1.807) is 0 Å². The maximum atomic E-state index is 10.4. The lowest BCUT2D eigenvalue weighted by atomic mass is 9.91. The minimum absolute atomic E-state index is 0.0832. The Labute approximate surface area is 69.2 Å². The highest BCUT2D eigenvalue weighted by Gasteiger charge is 2.10. The molecule has 11 heavy (non-hydrogen) atoms. The predicted octanol–water partition coefficient (Wildman–Crippen LogP) is 1.59. The molecule has 0 fully saturated rings. The van der Waals surface area contributed by atoms with Gasteiger partial charge in [-0.3, -0.25) is 0 Å². The van der Waals surface area contributed by atoms with Gasteiger partial charge in [0, 0.05) is 12.5 Å². The van der Waals surface area contributed by atoms with Gasteiger partial charge >= 0.3 is 0 Å². The smallest absolute Gasteiger partial charge is 0.124 e.